The number of phenolic OH excluding ortho intramolecular Hbond substituents is 1. The molecular formula is C17H18O4. The number of carbonyl (C=O) groups is 1. The molecule has 0 unspecified atom stereocenters. The van der Waals surface area contributed by atoms with Gasteiger partial charge < -0.3 is 14.6 Å². The molecule has 110 valence electrons. The van der Waals surface area contributed by atoms with Crippen LogP contribution in [0.15, 0.2) is 42.5 Å². The largest absolute Gasteiger partial charge is 0.508 e. The number of benzene rings is 2. The van der Waals surface area contributed by atoms with Gasteiger partial charge in [0.15, 0.2) is 11.5 Å². The number of phenols is 1. The van der Waals surface area contributed by atoms with Crippen LogP contribution in [0, 0.1) is 0 Å². The fourth-order valence-corrected chi connectivity index (χ4v) is 2.15. The summed E-state index contributed by atoms with van der Waals surface area (Å²) in [7, 11) is 3.13. The number of aromatic hydroxyl groups is 1. The number of para-hydroxylation sites is 1. The van der Waals surface area contributed by atoms with Gasteiger partial charge in [-0.15, -0.1) is 0 Å². The third kappa shape index (κ3) is 3.75. The average molecular weight is 286 g/mol. The summed E-state index contributed by atoms with van der Waals surface area (Å²) in [4.78, 5) is 12.1. The lowest BCUT2D eigenvalue weighted by molar-refractivity contribution is -0.117. The topological polar surface area (TPSA) is 55.8 Å². The molecule has 0 spiro atoms. The van der Waals surface area contributed by atoms with Gasteiger partial charge in [0.05, 0.1) is 14.2 Å². The van der Waals surface area contributed by atoms with E-state index in [0.29, 0.717) is 17.1 Å². The average Bonchev–Trinajstić information content (AvgIpc) is 2.49. The van der Waals surface area contributed by atoms with Crippen molar-refractivity contribution < 1.29 is 19.4 Å². The Morgan fingerprint density at radius 2 is 1.71 bits per heavy atom. The van der Waals surface area contributed by atoms with Crippen molar-refractivity contribution in [2.75, 3.05) is 14.2 Å². The quantitative estimate of drug-likeness (QED) is 0.887. The van der Waals surface area contributed by atoms with Crippen molar-refractivity contribution in [2.24, 2.45) is 0 Å². The smallest absolute Gasteiger partial charge is 0.161 e. The van der Waals surface area contributed by atoms with E-state index in [1.54, 1.807) is 50.6 Å². The predicted octanol–water partition coefficient (Wildman–Crippen LogP) is 2.76. The number of carbonyl (C=O) groups excluding carboxylic acids is 1. The molecule has 0 fully saturated rings. The van der Waals surface area contributed by atoms with Gasteiger partial charge in [0.25, 0.3) is 0 Å². The summed E-state index contributed by atoms with van der Waals surface area (Å²) in [5.41, 5.74) is 1.50. The zero-order chi connectivity index (χ0) is 15.2. The van der Waals surface area contributed by atoms with Gasteiger partial charge in [-0.3, -0.25) is 4.79 Å². The molecule has 21 heavy (non-hydrogen) atoms. The van der Waals surface area contributed by atoms with Crippen molar-refractivity contribution in [3.05, 3.63) is 53.6 Å². The first-order valence-electron chi connectivity index (χ1n) is 6.63. The summed E-state index contributed by atoms with van der Waals surface area (Å²) < 4.78 is 10.4. The van der Waals surface area contributed by atoms with Crippen molar-refractivity contribution in [3.8, 4) is 17.2 Å². The molecule has 0 aliphatic rings. The Bertz CT molecular complexity index is 634. The molecule has 0 amide bonds. The molecule has 2 aromatic rings. The molecule has 0 saturated carbocycles. The highest BCUT2D eigenvalue weighted by Crippen LogP contribution is 2.28. The molecule has 0 radical (unpaired) electrons. The lowest BCUT2D eigenvalue weighted by Crippen LogP contribution is -2.07. The van der Waals surface area contributed by atoms with E-state index in [1.165, 1.54) is 0 Å². The highest BCUT2D eigenvalue weighted by atomic mass is 16.5. The predicted molar refractivity (Wildman–Crippen MR) is 80.1 cm³/mol. The standard InChI is InChI=1S/C17H18O4/c1-20-16-8-7-12(10-17(16)21-2)9-14(18)11-13-5-3-4-6-15(13)19/h3-8,10,19H,9,11H2,1-2H3. The number of ketones is 1. The maximum Gasteiger partial charge on any atom is 0.161 e. The Morgan fingerprint density at radius 1 is 1.00 bits per heavy atom. The highest BCUT2D eigenvalue weighted by molar-refractivity contribution is 5.83. The third-order valence-electron chi connectivity index (χ3n) is 3.23. The van der Waals surface area contributed by atoms with Crippen LogP contribution in [0.1, 0.15) is 11.1 Å². The summed E-state index contributed by atoms with van der Waals surface area (Å²) in [6, 6.07) is 12.3. The first-order chi connectivity index (χ1) is 10.1. The number of rotatable bonds is 6. The first kappa shape index (κ1) is 14.9. The normalized spacial score (nSPS) is 10.2. The number of hydrogen-bond acceptors (Lipinski definition) is 4. The van der Waals surface area contributed by atoms with Crippen molar-refractivity contribution in [1.82, 2.24) is 0 Å². The Morgan fingerprint density at radius 3 is 2.38 bits per heavy atom. The number of ether oxygens (including phenoxy) is 2. The molecule has 2 aromatic carbocycles. The molecule has 0 heterocycles. The summed E-state index contributed by atoms with van der Waals surface area (Å²) in [5.74, 6) is 1.42. The minimum absolute atomic E-state index is 0.0312. The Balaban J connectivity index is 2.08. The molecule has 1 N–H and O–H groups in total. The van der Waals surface area contributed by atoms with Crippen LogP contribution in [0.4, 0.5) is 0 Å². The lowest BCUT2D eigenvalue weighted by Gasteiger charge is -2.09. The number of Topliss-reactive ketones (excluding diaryl/α,β-unsaturated/α-hetero) is 1. The molecule has 0 bridgehead atoms. The third-order valence-corrected chi connectivity index (χ3v) is 3.23. The molecule has 0 aliphatic heterocycles. The van der Waals surface area contributed by atoms with Crippen molar-refractivity contribution in [1.29, 1.82) is 0 Å². The van der Waals surface area contributed by atoms with Crippen molar-refractivity contribution >= 4 is 5.78 Å². The van der Waals surface area contributed by atoms with Gasteiger partial charge in [-0.25, -0.2) is 0 Å². The van der Waals surface area contributed by atoms with E-state index in [2.05, 4.69) is 0 Å². The maximum absolute atomic E-state index is 12.1. The maximum atomic E-state index is 12.1. The monoisotopic (exact) mass is 286 g/mol. The second-order valence-corrected chi connectivity index (χ2v) is 4.71. The van der Waals surface area contributed by atoms with Gasteiger partial charge in [-0.2, -0.15) is 0 Å². The van der Waals surface area contributed by atoms with Crippen LogP contribution in [-0.4, -0.2) is 25.1 Å². The number of hydrogen-bond donors (Lipinski definition) is 1. The summed E-state index contributed by atoms with van der Waals surface area (Å²) in [5, 5.41) is 9.69. The second kappa shape index (κ2) is 6.79. The van der Waals surface area contributed by atoms with Gasteiger partial charge in [0.1, 0.15) is 11.5 Å². The molecule has 2 rings (SSSR count). The molecule has 0 saturated heterocycles. The zero-order valence-corrected chi connectivity index (χ0v) is 12.1. The van der Waals surface area contributed by atoms with Gasteiger partial charge in [-0.1, -0.05) is 24.3 Å². The molecular weight excluding hydrogens is 268 g/mol. The summed E-state index contributed by atoms with van der Waals surface area (Å²) >= 11 is 0. The molecule has 4 heteroatoms. The zero-order valence-electron chi connectivity index (χ0n) is 12.1. The molecule has 4 nitrogen and oxygen atoms in total. The van der Waals surface area contributed by atoms with Gasteiger partial charge in [0, 0.05) is 18.4 Å². The Kier molecular flexibility index (Phi) is 4.82. The Labute approximate surface area is 123 Å². The van der Waals surface area contributed by atoms with Crippen LogP contribution in [0.3, 0.4) is 0 Å². The van der Waals surface area contributed by atoms with E-state index in [1.807, 2.05) is 6.07 Å². The van der Waals surface area contributed by atoms with Gasteiger partial charge in [0.2, 0.25) is 0 Å². The fourth-order valence-electron chi connectivity index (χ4n) is 2.15. The molecule has 0 aliphatic carbocycles. The van der Waals surface area contributed by atoms with Crippen LogP contribution in [0.5, 0.6) is 17.2 Å². The second-order valence-electron chi connectivity index (χ2n) is 4.71. The Hall–Kier alpha value is -2.49. The highest BCUT2D eigenvalue weighted by Gasteiger charge is 2.10. The SMILES string of the molecule is COc1ccc(CC(=O)Cc2ccccc2O)cc1OC. The van der Waals surface area contributed by atoms with Crippen LogP contribution in [0.2, 0.25) is 0 Å². The molecule has 0 atom stereocenters. The first-order valence-corrected chi connectivity index (χ1v) is 6.63. The van der Waals surface area contributed by atoms with Gasteiger partial charge >= 0.3 is 0 Å². The summed E-state index contributed by atoms with van der Waals surface area (Å²) in [6.07, 6.45) is 0.496. The fraction of sp³-hybridized carbons (Fsp3) is 0.235. The van der Waals surface area contributed by atoms with Crippen LogP contribution in [0.25, 0.3) is 0 Å². The van der Waals surface area contributed by atoms with E-state index in [0.717, 1.165) is 5.56 Å². The van der Waals surface area contributed by atoms with E-state index >= 15 is 0 Å². The van der Waals surface area contributed by atoms with E-state index in [-0.39, 0.29) is 24.4 Å². The van der Waals surface area contributed by atoms with Crippen molar-refractivity contribution in [2.45, 2.75) is 12.8 Å². The van der Waals surface area contributed by atoms with Crippen LogP contribution < -0.4 is 9.47 Å². The lowest BCUT2D eigenvalue weighted by atomic mass is 10.0. The number of methoxy groups -OCH3 is 2. The van der Waals surface area contributed by atoms with Crippen LogP contribution >= 0.6 is 0 Å². The minimum Gasteiger partial charge on any atom is -0.508 e. The van der Waals surface area contributed by atoms with E-state index < -0.39 is 0 Å². The van der Waals surface area contributed by atoms with Gasteiger partial charge in [-0.05, 0) is 23.8 Å². The molecule has 0 aromatic heterocycles. The van der Waals surface area contributed by atoms with E-state index in [4.69, 9.17) is 9.47 Å². The van der Waals surface area contributed by atoms with Crippen molar-refractivity contribution in [3.63, 3.8) is 0 Å². The van der Waals surface area contributed by atoms with E-state index in [9.17, 15) is 9.90 Å². The minimum atomic E-state index is 0.0312. The summed E-state index contributed by atoms with van der Waals surface area (Å²) in [6.45, 7) is 0. The van der Waals surface area contributed by atoms with Crippen LogP contribution in [-0.2, 0) is 17.6 Å².